The van der Waals surface area contributed by atoms with Gasteiger partial charge < -0.3 is 20.2 Å². The topological polar surface area (TPSA) is 205 Å². The summed E-state index contributed by atoms with van der Waals surface area (Å²) < 4.78 is 47.2. The van der Waals surface area contributed by atoms with Gasteiger partial charge in [0, 0.05) is 88.9 Å². The van der Waals surface area contributed by atoms with E-state index in [1.54, 1.807) is 18.2 Å². The number of carbonyl (C=O) groups is 4. The summed E-state index contributed by atoms with van der Waals surface area (Å²) in [7, 11) is -4.49. The van der Waals surface area contributed by atoms with Crippen LogP contribution in [0.25, 0.3) is 27.1 Å². The minimum absolute atomic E-state index is 0.0701. The van der Waals surface area contributed by atoms with Crippen molar-refractivity contribution in [2.24, 2.45) is 0 Å². The molecule has 0 spiro atoms. The number of ether oxygens (including phenoxy) is 1. The fourth-order valence-electron chi connectivity index (χ4n) is 10.4. The van der Waals surface area contributed by atoms with Crippen LogP contribution in [0.15, 0.2) is 119 Å². The molecule has 15 nitrogen and oxygen atoms in total. The normalized spacial score (nSPS) is 17.3. The maximum absolute atomic E-state index is 13.3. The van der Waals surface area contributed by atoms with E-state index < -0.39 is 33.0 Å². The second kappa shape index (κ2) is 20.8. The number of anilines is 1. The van der Waals surface area contributed by atoms with Gasteiger partial charge in [-0.1, -0.05) is 56.7 Å². The number of hydrogen-bond donors (Lipinski definition) is 2. The Morgan fingerprint density at radius 3 is 2.30 bits per heavy atom. The lowest BCUT2D eigenvalue weighted by Crippen LogP contribution is -2.28. The maximum atomic E-state index is 13.3. The number of rotatable bonds is 18. The Balaban J connectivity index is 1.09. The van der Waals surface area contributed by atoms with Gasteiger partial charge in [-0.05, 0) is 111 Å². The highest BCUT2D eigenvalue weighted by atomic mass is 32.2. The van der Waals surface area contributed by atoms with Gasteiger partial charge in [-0.3, -0.25) is 33.8 Å². The van der Waals surface area contributed by atoms with Crippen LogP contribution in [0.3, 0.4) is 0 Å². The van der Waals surface area contributed by atoms with Gasteiger partial charge in [0.05, 0.1) is 28.7 Å². The molecule has 17 heteroatoms. The number of allylic oxidation sites excluding steroid dienone is 6. The van der Waals surface area contributed by atoms with Crippen molar-refractivity contribution in [2.75, 3.05) is 24.5 Å². The predicted molar refractivity (Wildman–Crippen MR) is 270 cm³/mol. The summed E-state index contributed by atoms with van der Waals surface area (Å²) in [5, 5.41) is 20.4. The SMILES string of the molecule is CCN1/C(=C/C=C(/C=C/C2=[N+](CC)c3ccc4c(SOO[O-])cccc4c3C2(C)C)c2ccc(C(=O)NCCCCCC(=O)OC3C(=O)CCC3=O)cn2)C(C)(C)c2c1ccc1c(S(=O)(=O)O)cccc21. The summed E-state index contributed by atoms with van der Waals surface area (Å²) in [6, 6.07) is 22.1. The van der Waals surface area contributed by atoms with Gasteiger partial charge in [0.25, 0.3) is 16.0 Å². The number of hydrogen-bond acceptors (Lipinski definition) is 13. The molecule has 2 aliphatic heterocycles. The van der Waals surface area contributed by atoms with Crippen molar-refractivity contribution in [3.63, 3.8) is 0 Å². The molecule has 1 saturated carbocycles. The fourth-order valence-corrected chi connectivity index (χ4v) is 11.6. The van der Waals surface area contributed by atoms with Gasteiger partial charge in [0.1, 0.15) is 11.4 Å². The average molecular weight is 1000 g/mol. The van der Waals surface area contributed by atoms with Crippen LogP contribution in [0.1, 0.15) is 107 Å². The zero-order valence-corrected chi connectivity index (χ0v) is 42.1. The number of nitrogens with one attached hydrogen (secondary N) is 1. The first-order valence-corrected chi connectivity index (χ1v) is 25.9. The Hall–Kier alpha value is -6.34. The first-order valence-electron chi connectivity index (χ1n) is 23.7. The minimum Gasteiger partial charge on any atom is -0.691 e. The molecule has 0 saturated heterocycles. The predicted octanol–water partition coefficient (Wildman–Crippen LogP) is 8.74. The van der Waals surface area contributed by atoms with Crippen LogP contribution < -0.4 is 15.5 Å². The number of ketones is 2. The third-order valence-electron chi connectivity index (χ3n) is 13.7. The summed E-state index contributed by atoms with van der Waals surface area (Å²) in [5.74, 6) is -1.61. The number of likely N-dealkylation sites (N-methyl/N-ethyl adjacent to an activating group) is 1. The third kappa shape index (κ3) is 9.99. The van der Waals surface area contributed by atoms with E-state index in [-0.39, 0.29) is 41.6 Å². The Morgan fingerprint density at radius 1 is 0.901 bits per heavy atom. The Labute approximate surface area is 417 Å². The second-order valence-electron chi connectivity index (χ2n) is 18.7. The van der Waals surface area contributed by atoms with Gasteiger partial charge in [-0.25, -0.2) is 0 Å². The van der Waals surface area contributed by atoms with Crippen LogP contribution in [0.5, 0.6) is 0 Å². The first-order chi connectivity index (χ1) is 33.9. The maximum Gasteiger partial charge on any atom is 0.306 e. The second-order valence-corrected chi connectivity index (χ2v) is 20.9. The summed E-state index contributed by atoms with van der Waals surface area (Å²) in [6.45, 7) is 14.4. The molecule has 3 aliphatic rings. The molecule has 1 amide bonds. The van der Waals surface area contributed by atoms with E-state index in [4.69, 9.17) is 14.1 Å². The van der Waals surface area contributed by atoms with Crippen molar-refractivity contribution in [3.05, 3.63) is 131 Å². The van der Waals surface area contributed by atoms with E-state index in [1.807, 2.05) is 48.6 Å². The lowest BCUT2D eigenvalue weighted by atomic mass is 9.79. The summed E-state index contributed by atoms with van der Waals surface area (Å²) in [6.07, 6.45) is 10.5. The number of pyridine rings is 1. The van der Waals surface area contributed by atoms with Crippen LogP contribution in [-0.2, 0) is 49.4 Å². The van der Waals surface area contributed by atoms with Gasteiger partial charge in [0.15, 0.2) is 17.3 Å². The van der Waals surface area contributed by atoms with Gasteiger partial charge in [-0.15, -0.1) is 0 Å². The van der Waals surface area contributed by atoms with Crippen molar-refractivity contribution >= 4 is 89.8 Å². The molecule has 0 atom stereocenters. The lowest BCUT2D eigenvalue weighted by molar-refractivity contribution is -0.777. The summed E-state index contributed by atoms with van der Waals surface area (Å²) in [4.78, 5) is 56.8. The van der Waals surface area contributed by atoms with Crippen molar-refractivity contribution in [1.82, 2.24) is 10.3 Å². The quantitative estimate of drug-likeness (QED) is 0.00970. The van der Waals surface area contributed by atoms with Crippen LogP contribution in [-0.4, -0.2) is 77.4 Å². The molecule has 1 fully saturated rings. The Kier molecular flexibility index (Phi) is 14.9. The van der Waals surface area contributed by atoms with E-state index in [2.05, 4.69) is 85.7 Å². The van der Waals surface area contributed by atoms with Gasteiger partial charge >= 0.3 is 5.97 Å². The molecule has 8 rings (SSSR count). The van der Waals surface area contributed by atoms with Crippen molar-refractivity contribution in [1.29, 1.82) is 0 Å². The number of nitrogens with zero attached hydrogens (tertiary/aromatic N) is 3. The molecular formula is C54H56N4O11S2. The first kappa shape index (κ1) is 51.0. The van der Waals surface area contributed by atoms with Crippen LogP contribution in [0, 0.1) is 0 Å². The van der Waals surface area contributed by atoms with E-state index in [9.17, 15) is 37.4 Å². The van der Waals surface area contributed by atoms with Crippen LogP contribution in [0.4, 0.5) is 11.4 Å². The zero-order chi connectivity index (χ0) is 50.8. The average Bonchev–Trinajstić information content (AvgIpc) is 3.88. The Bertz CT molecular complexity index is 3200. The zero-order valence-electron chi connectivity index (χ0n) is 40.4. The number of unbranched alkanes of at least 4 members (excludes halogenated alkanes) is 2. The van der Waals surface area contributed by atoms with Gasteiger partial charge in [0.2, 0.25) is 11.8 Å². The molecule has 1 aliphatic carbocycles. The van der Waals surface area contributed by atoms with Crippen molar-refractivity contribution < 1.29 is 56.1 Å². The molecular weight excluding hydrogens is 945 g/mol. The monoisotopic (exact) mass is 1000 g/mol. The number of aromatic nitrogens is 1. The van der Waals surface area contributed by atoms with Crippen molar-refractivity contribution in [2.45, 2.75) is 107 Å². The highest BCUT2D eigenvalue weighted by Crippen LogP contribution is 2.51. The highest BCUT2D eigenvalue weighted by Gasteiger charge is 2.46. The van der Waals surface area contributed by atoms with E-state index >= 15 is 0 Å². The molecule has 71 heavy (non-hydrogen) atoms. The van der Waals surface area contributed by atoms with Crippen molar-refractivity contribution in [3.8, 4) is 0 Å². The molecule has 370 valence electrons. The molecule has 0 unspecified atom stereocenters. The molecule has 5 aromatic rings. The molecule has 2 N–H and O–H groups in total. The standard InChI is InChI=1S/C54H56N4O11S2/c1-7-57-40-25-22-35-37(14-12-16-44(35)70-69-68-63)49(40)53(3,4)46(57)29-20-33(21-30-47-54(5,6)50-38-15-13-17-45(71(64,65)66)36(38)23-26-41(50)58(47)8-2)39-24-19-34(32-56-39)52(62)55-31-11-9-10-18-48(61)67-51-42(59)27-28-43(51)60/h12-17,19-26,29-30,32,51H,7-11,18,27-28,31H2,1-6H3,(H2-,55,62,63,64,65,66). The van der Waals surface area contributed by atoms with E-state index in [1.165, 1.54) is 12.3 Å². The van der Waals surface area contributed by atoms with Gasteiger partial charge in [-0.2, -0.15) is 17.3 Å². The molecule has 3 heterocycles. The molecule has 0 bridgehead atoms. The molecule has 0 radical (unpaired) electrons. The molecule has 1 aromatic heterocycles. The van der Waals surface area contributed by atoms with Crippen LogP contribution in [0.2, 0.25) is 0 Å². The Morgan fingerprint density at radius 2 is 1.62 bits per heavy atom. The highest BCUT2D eigenvalue weighted by molar-refractivity contribution is 7.94. The molecule has 4 aromatic carbocycles. The lowest BCUT2D eigenvalue weighted by Gasteiger charge is -2.26. The van der Waals surface area contributed by atoms with E-state index in [0.29, 0.717) is 55.5 Å². The van der Waals surface area contributed by atoms with E-state index in [0.717, 1.165) is 72.6 Å². The number of amides is 1. The number of Topliss-reactive ketones (excluding diaryl/α,β-unsaturated/α-hetero) is 2. The minimum atomic E-state index is -4.49. The number of benzene rings is 4. The third-order valence-corrected chi connectivity index (χ3v) is 15.3. The number of carbonyl (C=O) groups excluding carboxylic acids is 4. The number of esters is 1. The fraction of sp³-hybridized carbons (Fsp3) is 0.333. The summed E-state index contributed by atoms with van der Waals surface area (Å²) >= 11 is 0.862. The largest absolute Gasteiger partial charge is 0.691 e. The number of fused-ring (bicyclic) bond motifs is 6. The summed E-state index contributed by atoms with van der Waals surface area (Å²) in [5.41, 5.74) is 6.64. The van der Waals surface area contributed by atoms with Crippen LogP contribution >= 0.6 is 12.0 Å². The smallest absolute Gasteiger partial charge is 0.306 e.